The van der Waals surface area contributed by atoms with Crippen LogP contribution in [0.3, 0.4) is 0 Å². The minimum absolute atomic E-state index is 0.00695. The standard InChI is InChI=1S/C19H18N2O3/c1-3-19(4-2)20-12-9-13(22)14-15(16(12)21-19)18(24)11-8-6-5-7-10(11)17(14)23/h5-9,22-24H,3-4H2,1-2H3. The Kier molecular flexibility index (Phi) is 2.97. The number of phenolic OH excluding ortho intramolecular Hbond substituents is 3. The molecule has 4 rings (SSSR count). The molecular formula is C19H18N2O3. The van der Waals surface area contributed by atoms with Crippen molar-refractivity contribution < 1.29 is 15.3 Å². The summed E-state index contributed by atoms with van der Waals surface area (Å²) < 4.78 is 0. The summed E-state index contributed by atoms with van der Waals surface area (Å²) in [7, 11) is 0. The van der Waals surface area contributed by atoms with Crippen molar-refractivity contribution in [3.05, 3.63) is 41.0 Å². The molecule has 5 heteroatoms. The van der Waals surface area contributed by atoms with Gasteiger partial charge in [-0.2, -0.15) is 0 Å². The van der Waals surface area contributed by atoms with Crippen molar-refractivity contribution in [3.63, 3.8) is 0 Å². The quantitative estimate of drug-likeness (QED) is 0.501. The molecule has 0 unspecified atom stereocenters. The zero-order valence-corrected chi connectivity index (χ0v) is 13.5. The maximum Gasteiger partial charge on any atom is 0.151 e. The maximum absolute atomic E-state index is 10.8. The van der Waals surface area contributed by atoms with Gasteiger partial charge in [-0.05, 0) is 12.8 Å². The molecular weight excluding hydrogens is 304 g/mol. The lowest BCUT2D eigenvalue weighted by molar-refractivity contribution is 0.416. The molecule has 122 valence electrons. The van der Waals surface area contributed by atoms with E-state index in [1.54, 1.807) is 24.3 Å². The van der Waals surface area contributed by atoms with Crippen LogP contribution in [0.25, 0.3) is 21.5 Å². The van der Waals surface area contributed by atoms with E-state index in [0.717, 1.165) is 12.8 Å². The van der Waals surface area contributed by atoms with E-state index in [0.29, 0.717) is 26.9 Å². The van der Waals surface area contributed by atoms with Gasteiger partial charge in [-0.3, -0.25) is 9.98 Å². The predicted molar refractivity (Wildman–Crippen MR) is 92.1 cm³/mol. The normalized spacial score (nSPS) is 15.2. The van der Waals surface area contributed by atoms with Crippen LogP contribution in [-0.2, 0) is 0 Å². The van der Waals surface area contributed by atoms with Crippen molar-refractivity contribution in [3.8, 4) is 17.2 Å². The fourth-order valence-electron chi connectivity index (χ4n) is 3.50. The second-order valence-electron chi connectivity index (χ2n) is 6.17. The minimum Gasteiger partial charge on any atom is -0.507 e. The van der Waals surface area contributed by atoms with Crippen LogP contribution >= 0.6 is 0 Å². The van der Waals surface area contributed by atoms with E-state index in [1.165, 1.54) is 6.07 Å². The molecule has 1 aliphatic heterocycles. The molecule has 24 heavy (non-hydrogen) atoms. The molecule has 3 aromatic carbocycles. The summed E-state index contributed by atoms with van der Waals surface area (Å²) in [5.74, 6) is -0.156. The fraction of sp³-hybridized carbons (Fsp3) is 0.263. The Labute approximate surface area is 138 Å². The molecule has 3 aromatic rings. The Balaban J connectivity index is 2.30. The van der Waals surface area contributed by atoms with Gasteiger partial charge in [0.1, 0.15) is 17.2 Å². The lowest BCUT2D eigenvalue weighted by atomic mass is 9.99. The summed E-state index contributed by atoms with van der Waals surface area (Å²) in [5, 5.41) is 34.6. The van der Waals surface area contributed by atoms with E-state index >= 15 is 0 Å². The average Bonchev–Trinajstić information content (AvgIpc) is 2.97. The van der Waals surface area contributed by atoms with E-state index in [4.69, 9.17) is 4.99 Å². The van der Waals surface area contributed by atoms with Crippen LogP contribution in [0.2, 0.25) is 0 Å². The molecule has 0 radical (unpaired) electrons. The van der Waals surface area contributed by atoms with Gasteiger partial charge in [-0.15, -0.1) is 0 Å². The Morgan fingerprint density at radius 3 is 2.04 bits per heavy atom. The first-order valence-electron chi connectivity index (χ1n) is 8.09. The van der Waals surface area contributed by atoms with Gasteiger partial charge in [0.2, 0.25) is 0 Å². The van der Waals surface area contributed by atoms with Crippen molar-refractivity contribution in [2.45, 2.75) is 32.4 Å². The number of hydrogen-bond acceptors (Lipinski definition) is 5. The predicted octanol–water partition coefficient (Wildman–Crippen LogP) is 2.88. The second kappa shape index (κ2) is 4.84. The first-order valence-corrected chi connectivity index (χ1v) is 8.09. The Morgan fingerprint density at radius 1 is 0.875 bits per heavy atom. The Bertz CT molecular complexity index is 1120. The zero-order valence-electron chi connectivity index (χ0n) is 13.5. The van der Waals surface area contributed by atoms with Gasteiger partial charge in [0.25, 0.3) is 0 Å². The summed E-state index contributed by atoms with van der Waals surface area (Å²) in [6.07, 6.45) is 1.45. The van der Waals surface area contributed by atoms with Crippen molar-refractivity contribution in [1.82, 2.24) is 0 Å². The van der Waals surface area contributed by atoms with Crippen LogP contribution in [0.15, 0.2) is 40.3 Å². The number of benzene rings is 3. The van der Waals surface area contributed by atoms with Crippen LogP contribution in [0.1, 0.15) is 26.7 Å². The first kappa shape index (κ1) is 14.8. The Hall–Kier alpha value is -2.82. The molecule has 1 heterocycles. The highest BCUT2D eigenvalue weighted by molar-refractivity contribution is 6.12. The third-order valence-electron chi connectivity index (χ3n) is 4.95. The minimum atomic E-state index is -0.573. The zero-order chi connectivity index (χ0) is 17.1. The molecule has 0 aliphatic carbocycles. The fourth-order valence-corrected chi connectivity index (χ4v) is 3.50. The van der Waals surface area contributed by atoms with Gasteiger partial charge in [0.15, 0.2) is 5.66 Å². The van der Waals surface area contributed by atoms with E-state index < -0.39 is 5.66 Å². The lowest BCUT2D eigenvalue weighted by Gasteiger charge is -2.18. The maximum atomic E-state index is 10.8. The molecule has 0 aromatic heterocycles. The van der Waals surface area contributed by atoms with E-state index in [2.05, 4.69) is 4.99 Å². The van der Waals surface area contributed by atoms with Gasteiger partial charge in [0, 0.05) is 16.8 Å². The molecule has 0 bridgehead atoms. The lowest BCUT2D eigenvalue weighted by Crippen LogP contribution is -2.22. The van der Waals surface area contributed by atoms with Gasteiger partial charge in [-0.1, -0.05) is 38.1 Å². The monoisotopic (exact) mass is 322 g/mol. The number of rotatable bonds is 2. The molecule has 5 nitrogen and oxygen atoms in total. The largest absolute Gasteiger partial charge is 0.507 e. The number of aromatic hydroxyl groups is 3. The molecule has 3 N–H and O–H groups in total. The molecule has 0 atom stereocenters. The van der Waals surface area contributed by atoms with Crippen LogP contribution in [0, 0.1) is 0 Å². The molecule has 0 saturated heterocycles. The summed E-state index contributed by atoms with van der Waals surface area (Å²) in [6.45, 7) is 4.02. The van der Waals surface area contributed by atoms with Crippen molar-refractivity contribution in [2.24, 2.45) is 9.98 Å². The van der Waals surface area contributed by atoms with Gasteiger partial charge < -0.3 is 15.3 Å². The summed E-state index contributed by atoms with van der Waals surface area (Å²) in [4.78, 5) is 9.41. The number of phenols is 3. The highest BCUT2D eigenvalue weighted by Gasteiger charge is 2.29. The number of nitrogens with zero attached hydrogens (tertiary/aromatic N) is 2. The third-order valence-corrected chi connectivity index (χ3v) is 4.95. The topological polar surface area (TPSA) is 85.4 Å². The van der Waals surface area contributed by atoms with E-state index in [-0.39, 0.29) is 22.6 Å². The van der Waals surface area contributed by atoms with Crippen molar-refractivity contribution >= 4 is 21.5 Å². The molecule has 0 amide bonds. The molecule has 0 fully saturated rings. The van der Waals surface area contributed by atoms with E-state index in [9.17, 15) is 15.3 Å². The first-order chi connectivity index (χ1) is 11.5. The van der Waals surface area contributed by atoms with Crippen LogP contribution in [0.5, 0.6) is 17.2 Å². The summed E-state index contributed by atoms with van der Waals surface area (Å²) >= 11 is 0. The van der Waals surface area contributed by atoms with Crippen LogP contribution in [0.4, 0.5) is 0 Å². The van der Waals surface area contributed by atoms with E-state index in [1.807, 2.05) is 13.8 Å². The van der Waals surface area contributed by atoms with Crippen molar-refractivity contribution in [1.29, 1.82) is 0 Å². The molecule has 0 spiro atoms. The SMILES string of the molecule is CCC1(CC)N=c2cc(O)c3c(O)c4ccccc4c(O)c3c2=N1. The smallest absolute Gasteiger partial charge is 0.151 e. The molecule has 0 saturated carbocycles. The van der Waals surface area contributed by atoms with Gasteiger partial charge in [0.05, 0.1) is 21.5 Å². The average molecular weight is 322 g/mol. The van der Waals surface area contributed by atoms with Crippen LogP contribution in [-0.4, -0.2) is 21.0 Å². The summed E-state index contributed by atoms with van der Waals surface area (Å²) in [6, 6.07) is 8.53. The third kappa shape index (κ3) is 1.75. The van der Waals surface area contributed by atoms with Crippen LogP contribution < -0.4 is 10.7 Å². The summed E-state index contributed by atoms with van der Waals surface area (Å²) in [5.41, 5.74) is -0.573. The number of fused-ring (bicyclic) bond motifs is 4. The van der Waals surface area contributed by atoms with Gasteiger partial charge >= 0.3 is 0 Å². The highest BCUT2D eigenvalue weighted by Crippen LogP contribution is 2.43. The number of hydrogen-bond donors (Lipinski definition) is 3. The molecule has 1 aliphatic rings. The van der Waals surface area contributed by atoms with Gasteiger partial charge in [-0.25, -0.2) is 0 Å². The highest BCUT2D eigenvalue weighted by atomic mass is 16.3. The second-order valence-corrected chi connectivity index (χ2v) is 6.17. The Morgan fingerprint density at radius 2 is 1.46 bits per heavy atom. The van der Waals surface area contributed by atoms with Crippen molar-refractivity contribution in [2.75, 3.05) is 0 Å².